The largest absolute Gasteiger partial charge is 0.394 e. The van der Waals surface area contributed by atoms with E-state index in [1.54, 1.807) is 24.3 Å². The Hall–Kier alpha value is -3.98. The second kappa shape index (κ2) is 10.4. The molecule has 200 valence electrons. The van der Waals surface area contributed by atoms with Crippen LogP contribution in [0.1, 0.15) is 52.6 Å². The number of benzene rings is 1. The summed E-state index contributed by atoms with van der Waals surface area (Å²) in [6, 6.07) is 6.67. The van der Waals surface area contributed by atoms with Gasteiger partial charge in [0.15, 0.2) is 17.4 Å². The molecule has 0 spiro atoms. The van der Waals surface area contributed by atoms with Crippen LogP contribution in [0.5, 0.6) is 0 Å². The molecule has 14 heteroatoms. The smallest absolute Gasteiger partial charge is 0.280 e. The molecule has 2 aliphatic heterocycles. The topological polar surface area (TPSA) is 200 Å². The number of nitrogens with one attached hydrogen (secondary N) is 2. The minimum absolute atomic E-state index is 0.0137. The lowest BCUT2D eigenvalue weighted by Gasteiger charge is -2.16. The number of unbranched alkanes of at least 4 members (excludes halogenated alkanes) is 2. The van der Waals surface area contributed by atoms with Gasteiger partial charge < -0.3 is 20.1 Å². The zero-order chi connectivity index (χ0) is 27.0. The summed E-state index contributed by atoms with van der Waals surface area (Å²) < 4.78 is 6.73. The molecule has 1 fully saturated rings. The maximum absolute atomic E-state index is 12.5. The normalized spacial score (nSPS) is 22.9. The van der Waals surface area contributed by atoms with Gasteiger partial charge in [0.25, 0.3) is 17.4 Å². The molecule has 1 saturated heterocycles. The van der Waals surface area contributed by atoms with Gasteiger partial charge >= 0.3 is 0 Å². The average molecular weight is 527 g/mol. The summed E-state index contributed by atoms with van der Waals surface area (Å²) >= 11 is 0. The van der Waals surface area contributed by atoms with Gasteiger partial charge in [0.05, 0.1) is 24.1 Å². The summed E-state index contributed by atoms with van der Waals surface area (Å²) in [5.41, 5.74) is 0.121. The molecule has 0 radical (unpaired) electrons. The molecule has 4 heterocycles. The van der Waals surface area contributed by atoms with Crippen LogP contribution in [-0.4, -0.2) is 88.9 Å². The minimum atomic E-state index is -1.40. The lowest BCUT2D eigenvalue weighted by molar-refractivity contribution is -0.116. The first kappa shape index (κ1) is 25.7. The number of rotatable bonds is 9. The summed E-state index contributed by atoms with van der Waals surface area (Å²) in [6.45, 7) is -0.264. The fourth-order valence-corrected chi connectivity index (χ4v) is 4.65. The van der Waals surface area contributed by atoms with E-state index in [9.17, 15) is 34.5 Å². The number of imidazole rings is 1. The Labute approximate surface area is 214 Å². The van der Waals surface area contributed by atoms with Gasteiger partial charge in [-0.2, -0.15) is 4.98 Å². The van der Waals surface area contributed by atoms with Gasteiger partial charge in [-0.05, 0) is 25.0 Å². The number of aliphatic hydroxyl groups excluding tert-OH is 3. The van der Waals surface area contributed by atoms with Gasteiger partial charge in [-0.15, -0.1) is 0 Å². The predicted octanol–water partition coefficient (Wildman–Crippen LogP) is -0.474. The lowest BCUT2D eigenvalue weighted by Crippen LogP contribution is -2.33. The monoisotopic (exact) mass is 526 g/mol. The Bertz CT molecular complexity index is 1420. The molecule has 1 aromatic carbocycles. The summed E-state index contributed by atoms with van der Waals surface area (Å²) in [5, 5.41) is 32.2. The molecule has 5 N–H and O–H groups in total. The maximum Gasteiger partial charge on any atom is 0.280 e. The van der Waals surface area contributed by atoms with E-state index in [1.807, 2.05) is 0 Å². The van der Waals surface area contributed by atoms with E-state index in [4.69, 9.17) is 4.74 Å². The molecule has 3 aromatic rings. The van der Waals surface area contributed by atoms with Gasteiger partial charge in [0.1, 0.15) is 18.3 Å². The van der Waals surface area contributed by atoms with Gasteiger partial charge in [0, 0.05) is 13.0 Å². The molecular formula is C24H26N6O8. The number of aliphatic hydroxyl groups is 3. The Morgan fingerprint density at radius 2 is 1.76 bits per heavy atom. The van der Waals surface area contributed by atoms with Crippen LogP contribution in [0.25, 0.3) is 11.2 Å². The van der Waals surface area contributed by atoms with Crippen LogP contribution in [0.2, 0.25) is 0 Å². The Morgan fingerprint density at radius 1 is 1.05 bits per heavy atom. The van der Waals surface area contributed by atoms with Crippen molar-refractivity contribution in [2.45, 2.75) is 50.2 Å². The number of imide groups is 1. The van der Waals surface area contributed by atoms with Gasteiger partial charge in [-0.3, -0.25) is 38.9 Å². The third-order valence-electron chi connectivity index (χ3n) is 6.65. The summed E-state index contributed by atoms with van der Waals surface area (Å²) in [7, 11) is 0. The highest BCUT2D eigenvalue weighted by atomic mass is 16.6. The number of nitrogens with zero attached hydrogens (tertiary/aromatic N) is 4. The fraction of sp³-hybridized carbons (Fsp3) is 0.417. The molecule has 3 amide bonds. The second-order valence-electron chi connectivity index (χ2n) is 9.13. The molecule has 0 unspecified atom stereocenters. The third-order valence-corrected chi connectivity index (χ3v) is 6.65. The SMILES string of the molecule is O=C(CCCCCN1C(=O)c2ccccc2C1=O)Nc1nc2c(ncn2[C@H]2O[C@@H](CO)[C@@H](O)[C@H]2O)c(=O)[nH]1. The van der Waals surface area contributed by atoms with Crippen molar-refractivity contribution in [2.75, 3.05) is 18.5 Å². The Balaban J connectivity index is 1.16. The number of aromatic amines is 1. The van der Waals surface area contributed by atoms with E-state index in [0.29, 0.717) is 30.4 Å². The highest BCUT2D eigenvalue weighted by molar-refractivity contribution is 6.21. The molecule has 0 saturated carbocycles. The van der Waals surface area contributed by atoms with Crippen molar-refractivity contribution >= 4 is 34.8 Å². The molecule has 0 aliphatic carbocycles. The van der Waals surface area contributed by atoms with E-state index in [1.165, 1.54) is 15.8 Å². The number of fused-ring (bicyclic) bond motifs is 2. The van der Waals surface area contributed by atoms with E-state index in [-0.39, 0.29) is 41.9 Å². The molecule has 2 aromatic heterocycles. The van der Waals surface area contributed by atoms with Gasteiger partial charge in [-0.25, -0.2) is 4.98 Å². The van der Waals surface area contributed by atoms with E-state index < -0.39 is 42.6 Å². The third kappa shape index (κ3) is 4.58. The van der Waals surface area contributed by atoms with Crippen molar-refractivity contribution < 1.29 is 34.4 Å². The molecule has 0 bridgehead atoms. The first-order valence-electron chi connectivity index (χ1n) is 12.1. The zero-order valence-corrected chi connectivity index (χ0v) is 20.1. The van der Waals surface area contributed by atoms with Crippen molar-refractivity contribution in [3.05, 3.63) is 52.1 Å². The molecule has 2 aliphatic rings. The number of aromatic nitrogens is 4. The molecule has 4 atom stereocenters. The highest BCUT2D eigenvalue weighted by Crippen LogP contribution is 2.31. The van der Waals surface area contributed by atoms with Crippen LogP contribution < -0.4 is 10.9 Å². The van der Waals surface area contributed by atoms with E-state index in [0.717, 1.165) is 0 Å². The molecule has 5 rings (SSSR count). The number of amides is 3. The zero-order valence-electron chi connectivity index (χ0n) is 20.1. The summed E-state index contributed by atoms with van der Waals surface area (Å²) in [4.78, 5) is 61.6. The summed E-state index contributed by atoms with van der Waals surface area (Å²) in [6.07, 6.45) is -2.00. The molecule has 14 nitrogen and oxygen atoms in total. The number of hydrogen-bond acceptors (Lipinski definition) is 10. The predicted molar refractivity (Wildman–Crippen MR) is 130 cm³/mol. The number of anilines is 1. The van der Waals surface area contributed by atoms with Crippen LogP contribution in [-0.2, 0) is 9.53 Å². The first-order chi connectivity index (χ1) is 18.3. The van der Waals surface area contributed by atoms with Crippen LogP contribution >= 0.6 is 0 Å². The van der Waals surface area contributed by atoms with Crippen molar-refractivity contribution in [3.8, 4) is 0 Å². The molecular weight excluding hydrogens is 500 g/mol. The lowest BCUT2D eigenvalue weighted by atomic mass is 10.1. The van der Waals surface area contributed by atoms with E-state index >= 15 is 0 Å². The van der Waals surface area contributed by atoms with Crippen molar-refractivity contribution in [3.63, 3.8) is 0 Å². The number of H-pyrrole nitrogens is 1. The first-order valence-corrected chi connectivity index (χ1v) is 12.1. The highest BCUT2D eigenvalue weighted by Gasteiger charge is 2.44. The van der Waals surface area contributed by atoms with Crippen LogP contribution in [0.3, 0.4) is 0 Å². The molecule has 38 heavy (non-hydrogen) atoms. The van der Waals surface area contributed by atoms with Gasteiger partial charge in [-0.1, -0.05) is 18.6 Å². The van der Waals surface area contributed by atoms with Crippen LogP contribution in [0, 0.1) is 0 Å². The number of carbonyl (C=O) groups excluding carboxylic acids is 3. The standard InChI is InChI=1S/C24H26N6O8/c31-10-14-17(33)18(34)23(38-14)30-11-25-16-19(30)27-24(28-20(16)35)26-15(32)8-2-1-5-9-29-21(36)12-6-3-4-7-13(12)22(29)37/h3-4,6-7,11,14,17-18,23,31,33-34H,1-2,5,8-10H2,(H2,26,27,28,32,35)/t14-,17+,18+,23-/m0/s1. The van der Waals surface area contributed by atoms with Gasteiger partial charge in [0.2, 0.25) is 11.9 Å². The quantitative estimate of drug-likeness (QED) is 0.179. The number of carbonyl (C=O) groups is 3. The Morgan fingerprint density at radius 3 is 2.42 bits per heavy atom. The minimum Gasteiger partial charge on any atom is -0.394 e. The average Bonchev–Trinajstić information content (AvgIpc) is 3.53. The Kier molecular flexibility index (Phi) is 7.03. The maximum atomic E-state index is 12.5. The van der Waals surface area contributed by atoms with Crippen LogP contribution in [0.15, 0.2) is 35.4 Å². The van der Waals surface area contributed by atoms with Crippen molar-refractivity contribution in [2.24, 2.45) is 0 Å². The van der Waals surface area contributed by atoms with Crippen molar-refractivity contribution in [1.82, 2.24) is 24.4 Å². The van der Waals surface area contributed by atoms with Crippen molar-refractivity contribution in [1.29, 1.82) is 0 Å². The van der Waals surface area contributed by atoms with E-state index in [2.05, 4.69) is 20.3 Å². The number of hydrogen-bond donors (Lipinski definition) is 5. The summed E-state index contributed by atoms with van der Waals surface area (Å²) in [5.74, 6) is -1.17. The van der Waals surface area contributed by atoms with Crippen LogP contribution in [0.4, 0.5) is 5.95 Å². The fourth-order valence-electron chi connectivity index (χ4n) is 4.65. The number of ether oxygens (including phenoxy) is 1. The second-order valence-corrected chi connectivity index (χ2v) is 9.13.